The Morgan fingerprint density at radius 2 is 2.14 bits per heavy atom. The van der Waals surface area contributed by atoms with Crippen LogP contribution in [0.4, 0.5) is 5.69 Å². The Balaban J connectivity index is 1.64. The number of anilines is 1. The molecule has 0 atom stereocenters. The molecular formula is C19H22N4O3S2. The second kappa shape index (κ2) is 10.4. The number of carbonyl (C=O) groups is 1. The molecule has 0 bridgehead atoms. The number of carbonyl (C=O) groups excluding carboxylic acids is 1. The van der Waals surface area contributed by atoms with Crippen LogP contribution in [0.5, 0.6) is 0 Å². The molecule has 1 amide bonds. The van der Waals surface area contributed by atoms with Crippen molar-refractivity contribution in [1.82, 2.24) is 15.1 Å². The number of rotatable bonds is 10. The van der Waals surface area contributed by atoms with Crippen molar-refractivity contribution in [3.63, 3.8) is 0 Å². The lowest BCUT2D eigenvalue weighted by Gasteiger charge is -2.20. The highest BCUT2D eigenvalue weighted by molar-refractivity contribution is 7.98. The zero-order chi connectivity index (χ0) is 19.8. The van der Waals surface area contributed by atoms with Crippen molar-refractivity contribution in [1.29, 1.82) is 0 Å². The highest BCUT2D eigenvalue weighted by Crippen LogP contribution is 2.25. The molecule has 0 radical (unpaired) electrons. The number of thioether (sulfide) groups is 1. The van der Waals surface area contributed by atoms with Gasteiger partial charge < -0.3 is 14.5 Å². The molecule has 7 nitrogen and oxygen atoms in total. The van der Waals surface area contributed by atoms with Gasteiger partial charge in [0.15, 0.2) is 0 Å². The van der Waals surface area contributed by atoms with Crippen molar-refractivity contribution >= 4 is 34.7 Å². The predicted molar refractivity (Wildman–Crippen MR) is 112 cm³/mol. The monoisotopic (exact) mass is 418 g/mol. The summed E-state index contributed by atoms with van der Waals surface area (Å²) in [6, 6.07) is 11.6. The minimum Gasteiger partial charge on any atom is -0.419 e. The number of ether oxygens (including phenoxy) is 1. The number of para-hydroxylation sites is 1. The maximum absolute atomic E-state index is 12.6. The van der Waals surface area contributed by atoms with Crippen molar-refractivity contribution < 1.29 is 13.9 Å². The number of nitrogens with zero attached hydrogens (tertiary/aromatic N) is 3. The zero-order valence-corrected chi connectivity index (χ0v) is 17.4. The number of hydrogen-bond donors (Lipinski definition) is 1. The molecule has 9 heteroatoms. The lowest BCUT2D eigenvalue weighted by Crippen LogP contribution is -2.35. The van der Waals surface area contributed by atoms with E-state index in [9.17, 15) is 4.79 Å². The molecule has 0 aliphatic rings. The summed E-state index contributed by atoms with van der Waals surface area (Å²) in [7, 11) is 1.63. The molecule has 0 unspecified atom stereocenters. The van der Waals surface area contributed by atoms with Gasteiger partial charge in [0.05, 0.1) is 30.3 Å². The first kappa shape index (κ1) is 20.5. The zero-order valence-electron chi connectivity index (χ0n) is 15.8. The summed E-state index contributed by atoms with van der Waals surface area (Å²) in [4.78, 5) is 16.4. The molecule has 0 spiro atoms. The van der Waals surface area contributed by atoms with E-state index in [0.29, 0.717) is 31.5 Å². The second-order valence-electron chi connectivity index (χ2n) is 5.93. The SMILES string of the molecule is COCCN(CC(=O)Nc1ccccc1SC)Cc1nnc(-c2cccs2)o1. The summed E-state index contributed by atoms with van der Waals surface area (Å²) in [6.45, 7) is 1.65. The molecule has 0 saturated heterocycles. The van der Waals surface area contributed by atoms with Gasteiger partial charge in [-0.15, -0.1) is 33.3 Å². The minimum atomic E-state index is -0.101. The highest BCUT2D eigenvalue weighted by Gasteiger charge is 2.17. The van der Waals surface area contributed by atoms with Gasteiger partial charge in [0.25, 0.3) is 5.89 Å². The second-order valence-corrected chi connectivity index (χ2v) is 7.73. The van der Waals surface area contributed by atoms with E-state index in [1.807, 2.05) is 52.9 Å². The van der Waals surface area contributed by atoms with Gasteiger partial charge in [-0.2, -0.15) is 0 Å². The van der Waals surface area contributed by atoms with E-state index < -0.39 is 0 Å². The van der Waals surface area contributed by atoms with E-state index in [2.05, 4.69) is 15.5 Å². The Labute approximate surface area is 172 Å². The van der Waals surface area contributed by atoms with Crippen LogP contribution < -0.4 is 5.32 Å². The first-order valence-corrected chi connectivity index (χ1v) is 10.8. The molecule has 148 valence electrons. The van der Waals surface area contributed by atoms with E-state index in [0.717, 1.165) is 15.5 Å². The number of nitrogens with one attached hydrogen (secondary N) is 1. The number of methoxy groups -OCH3 is 1. The molecular weight excluding hydrogens is 396 g/mol. The van der Waals surface area contributed by atoms with Crippen LogP contribution in [0.2, 0.25) is 0 Å². The van der Waals surface area contributed by atoms with Crippen LogP contribution in [-0.4, -0.2) is 54.1 Å². The molecule has 2 heterocycles. The van der Waals surface area contributed by atoms with Crippen molar-refractivity contribution in [2.45, 2.75) is 11.4 Å². The third-order valence-corrected chi connectivity index (χ3v) is 5.57. The van der Waals surface area contributed by atoms with Crippen molar-refractivity contribution in [3.8, 4) is 10.8 Å². The third-order valence-electron chi connectivity index (χ3n) is 3.92. The van der Waals surface area contributed by atoms with Gasteiger partial charge in [-0.1, -0.05) is 18.2 Å². The van der Waals surface area contributed by atoms with E-state index in [1.165, 1.54) is 0 Å². The van der Waals surface area contributed by atoms with Crippen LogP contribution in [0.1, 0.15) is 5.89 Å². The Bertz CT molecular complexity index is 883. The summed E-state index contributed by atoms with van der Waals surface area (Å²) in [5.41, 5.74) is 0.810. The van der Waals surface area contributed by atoms with Crippen molar-refractivity contribution in [2.75, 3.05) is 38.4 Å². The van der Waals surface area contributed by atoms with Gasteiger partial charge in [-0.3, -0.25) is 9.69 Å². The van der Waals surface area contributed by atoms with Gasteiger partial charge in [0, 0.05) is 18.6 Å². The fourth-order valence-corrected chi connectivity index (χ4v) is 3.78. The molecule has 3 aromatic rings. The predicted octanol–water partition coefficient (Wildman–Crippen LogP) is 3.61. The lowest BCUT2D eigenvalue weighted by molar-refractivity contribution is -0.117. The Kier molecular flexibility index (Phi) is 7.61. The van der Waals surface area contributed by atoms with Gasteiger partial charge in [0.2, 0.25) is 11.8 Å². The topological polar surface area (TPSA) is 80.5 Å². The van der Waals surface area contributed by atoms with E-state index in [4.69, 9.17) is 9.15 Å². The molecule has 0 fully saturated rings. The average Bonchev–Trinajstić information content (AvgIpc) is 3.38. The minimum absolute atomic E-state index is 0.101. The molecule has 0 aliphatic carbocycles. The van der Waals surface area contributed by atoms with Crippen LogP contribution in [0.3, 0.4) is 0 Å². The summed E-state index contributed by atoms with van der Waals surface area (Å²) < 4.78 is 10.9. The maximum atomic E-state index is 12.6. The van der Waals surface area contributed by atoms with Gasteiger partial charge in [0.1, 0.15) is 0 Å². The van der Waals surface area contributed by atoms with Gasteiger partial charge in [-0.25, -0.2) is 0 Å². The molecule has 0 saturated carbocycles. The first-order chi connectivity index (χ1) is 13.7. The maximum Gasteiger partial charge on any atom is 0.257 e. The van der Waals surface area contributed by atoms with Crippen LogP contribution in [0.25, 0.3) is 10.8 Å². The number of aromatic nitrogens is 2. The quantitative estimate of drug-likeness (QED) is 0.504. The number of thiophene rings is 1. The summed E-state index contributed by atoms with van der Waals surface area (Å²) in [6.07, 6.45) is 1.98. The molecule has 28 heavy (non-hydrogen) atoms. The third kappa shape index (κ3) is 5.65. The van der Waals surface area contributed by atoms with Crippen LogP contribution >= 0.6 is 23.1 Å². The van der Waals surface area contributed by atoms with Crippen molar-refractivity contribution in [2.24, 2.45) is 0 Å². The number of amides is 1. The standard InChI is InChI=1S/C19H22N4O3S2/c1-25-10-9-23(12-17(24)20-14-6-3-4-7-15(14)27-2)13-18-21-22-19(26-18)16-8-5-11-28-16/h3-8,11H,9-10,12-13H2,1-2H3,(H,20,24). The fourth-order valence-electron chi connectivity index (χ4n) is 2.58. The molecule has 1 aromatic carbocycles. The van der Waals surface area contributed by atoms with Gasteiger partial charge >= 0.3 is 0 Å². The molecule has 1 N–H and O–H groups in total. The Hall–Kier alpha value is -2.20. The summed E-state index contributed by atoms with van der Waals surface area (Å²) in [5, 5.41) is 13.1. The van der Waals surface area contributed by atoms with E-state index >= 15 is 0 Å². The fraction of sp³-hybridized carbons (Fsp3) is 0.316. The molecule has 0 aliphatic heterocycles. The van der Waals surface area contributed by atoms with Crippen LogP contribution in [0, 0.1) is 0 Å². The molecule has 3 rings (SSSR count). The lowest BCUT2D eigenvalue weighted by atomic mass is 10.3. The van der Waals surface area contributed by atoms with Crippen LogP contribution in [0.15, 0.2) is 51.1 Å². The summed E-state index contributed by atoms with van der Waals surface area (Å²) >= 11 is 3.14. The number of hydrogen-bond acceptors (Lipinski definition) is 8. The van der Waals surface area contributed by atoms with Crippen LogP contribution in [-0.2, 0) is 16.1 Å². The van der Waals surface area contributed by atoms with E-state index in [-0.39, 0.29) is 12.5 Å². The smallest absolute Gasteiger partial charge is 0.257 e. The average molecular weight is 419 g/mol. The molecule has 2 aromatic heterocycles. The Morgan fingerprint density at radius 3 is 2.89 bits per heavy atom. The van der Waals surface area contributed by atoms with E-state index in [1.54, 1.807) is 30.2 Å². The van der Waals surface area contributed by atoms with Crippen molar-refractivity contribution in [3.05, 3.63) is 47.7 Å². The number of benzene rings is 1. The summed E-state index contributed by atoms with van der Waals surface area (Å²) in [5.74, 6) is 0.863. The highest BCUT2D eigenvalue weighted by atomic mass is 32.2. The largest absolute Gasteiger partial charge is 0.419 e. The van der Waals surface area contributed by atoms with Gasteiger partial charge in [-0.05, 0) is 29.8 Å². The normalized spacial score (nSPS) is 11.1. The first-order valence-electron chi connectivity index (χ1n) is 8.70. The Morgan fingerprint density at radius 1 is 1.29 bits per heavy atom.